The van der Waals surface area contributed by atoms with E-state index in [1.807, 2.05) is 30.3 Å². The van der Waals surface area contributed by atoms with Crippen molar-refractivity contribution in [3.05, 3.63) is 90.2 Å². The number of halogens is 1. The molecule has 0 saturated carbocycles. The highest BCUT2D eigenvalue weighted by molar-refractivity contribution is 7.86. The minimum absolute atomic E-state index is 0.0500. The Kier molecular flexibility index (Phi) is 6.83. The van der Waals surface area contributed by atoms with Crippen LogP contribution in [0.4, 0.5) is 34.6 Å². The number of benzene rings is 4. The van der Waals surface area contributed by atoms with Crippen molar-refractivity contribution in [1.82, 2.24) is 15.0 Å². The number of azo groups is 1. The van der Waals surface area contributed by atoms with E-state index in [1.54, 1.807) is 48.5 Å². The largest absolute Gasteiger partial charge is 0.505 e. The van der Waals surface area contributed by atoms with Crippen LogP contribution >= 0.6 is 11.6 Å². The van der Waals surface area contributed by atoms with Crippen molar-refractivity contribution in [3.63, 3.8) is 0 Å². The first kappa shape index (κ1) is 25.0. The van der Waals surface area contributed by atoms with Crippen molar-refractivity contribution in [3.8, 4) is 5.75 Å². The Morgan fingerprint density at radius 1 is 0.763 bits per heavy atom. The third-order valence-corrected chi connectivity index (χ3v) is 6.28. The number of aromatic nitrogens is 3. The van der Waals surface area contributed by atoms with Crippen LogP contribution in [-0.2, 0) is 10.1 Å². The van der Waals surface area contributed by atoms with E-state index in [0.717, 1.165) is 5.69 Å². The predicted octanol–water partition coefficient (Wildman–Crippen LogP) is 6.53. The molecule has 0 amide bonds. The molecule has 0 aliphatic carbocycles. The van der Waals surface area contributed by atoms with Crippen LogP contribution in [0.3, 0.4) is 0 Å². The first-order valence-corrected chi connectivity index (χ1v) is 12.8. The van der Waals surface area contributed by atoms with Gasteiger partial charge >= 0.3 is 0 Å². The number of aromatic hydroxyl groups is 1. The molecule has 0 fully saturated rings. The number of hydrogen-bond acceptors (Lipinski definition) is 10. The molecule has 4 N–H and O–H groups in total. The van der Waals surface area contributed by atoms with Gasteiger partial charge in [-0.3, -0.25) is 4.55 Å². The molecule has 0 aliphatic heterocycles. The zero-order valence-corrected chi connectivity index (χ0v) is 20.9. The quantitative estimate of drug-likeness (QED) is 0.131. The van der Waals surface area contributed by atoms with E-state index in [9.17, 15) is 18.1 Å². The summed E-state index contributed by atoms with van der Waals surface area (Å²) in [5.41, 5.74) is 1.23. The van der Waals surface area contributed by atoms with E-state index in [1.165, 1.54) is 6.07 Å². The number of nitrogens with one attached hydrogen (secondary N) is 2. The molecule has 38 heavy (non-hydrogen) atoms. The maximum Gasteiger partial charge on any atom is 0.296 e. The molecule has 11 nitrogen and oxygen atoms in total. The van der Waals surface area contributed by atoms with Crippen LogP contribution in [-0.4, -0.2) is 33.0 Å². The average Bonchev–Trinajstić information content (AvgIpc) is 2.88. The zero-order chi connectivity index (χ0) is 26.7. The summed E-state index contributed by atoms with van der Waals surface area (Å²) in [6, 6.07) is 23.7. The second-order valence-electron chi connectivity index (χ2n) is 7.89. The van der Waals surface area contributed by atoms with Gasteiger partial charge in [0.25, 0.3) is 10.1 Å². The van der Waals surface area contributed by atoms with Crippen LogP contribution < -0.4 is 10.6 Å². The number of hydrogen-bond donors (Lipinski definition) is 4. The fraction of sp³-hybridized carbons (Fsp3) is 0. The van der Waals surface area contributed by atoms with Crippen LogP contribution in [0.25, 0.3) is 10.8 Å². The molecule has 5 aromatic rings. The van der Waals surface area contributed by atoms with E-state index in [0.29, 0.717) is 16.8 Å². The van der Waals surface area contributed by atoms with Crippen molar-refractivity contribution >= 4 is 67.1 Å². The van der Waals surface area contributed by atoms with Gasteiger partial charge in [-0.2, -0.15) is 28.5 Å². The smallest absolute Gasteiger partial charge is 0.296 e. The van der Waals surface area contributed by atoms with Gasteiger partial charge in [0.05, 0.1) is 5.69 Å². The first-order chi connectivity index (χ1) is 18.3. The first-order valence-electron chi connectivity index (χ1n) is 11.0. The summed E-state index contributed by atoms with van der Waals surface area (Å²) in [6.07, 6.45) is 0. The highest BCUT2D eigenvalue weighted by Crippen LogP contribution is 2.42. The van der Waals surface area contributed by atoms with Gasteiger partial charge in [-0.1, -0.05) is 42.5 Å². The predicted molar refractivity (Wildman–Crippen MR) is 144 cm³/mol. The summed E-state index contributed by atoms with van der Waals surface area (Å²) in [6.45, 7) is 0. The molecule has 13 heteroatoms. The molecular formula is C25H18ClN7O4S. The van der Waals surface area contributed by atoms with Crippen LogP contribution in [0.5, 0.6) is 5.75 Å². The minimum atomic E-state index is -4.72. The maximum atomic E-state index is 12.1. The summed E-state index contributed by atoms with van der Waals surface area (Å²) in [4.78, 5) is 11.9. The van der Waals surface area contributed by atoms with Crippen LogP contribution in [0.15, 0.2) is 100 Å². The van der Waals surface area contributed by atoms with Gasteiger partial charge < -0.3 is 15.7 Å². The number of phenols is 1. The molecule has 0 bridgehead atoms. The van der Waals surface area contributed by atoms with Crippen molar-refractivity contribution in [2.75, 3.05) is 10.6 Å². The molecule has 4 aromatic carbocycles. The van der Waals surface area contributed by atoms with Crippen molar-refractivity contribution in [2.24, 2.45) is 10.2 Å². The van der Waals surface area contributed by atoms with Crippen molar-refractivity contribution < 1.29 is 18.1 Å². The summed E-state index contributed by atoms with van der Waals surface area (Å²) in [7, 11) is -4.72. The number of rotatable bonds is 7. The number of para-hydroxylation sites is 1. The number of fused-ring (bicyclic) bond motifs is 1. The van der Waals surface area contributed by atoms with Crippen LogP contribution in [0.2, 0.25) is 5.28 Å². The molecule has 0 saturated heterocycles. The molecule has 5 rings (SSSR count). The number of phenolic OH excluding ortho intramolecular Hbond substituents is 1. The van der Waals surface area contributed by atoms with Crippen molar-refractivity contribution in [1.29, 1.82) is 0 Å². The zero-order valence-electron chi connectivity index (χ0n) is 19.3. The van der Waals surface area contributed by atoms with Gasteiger partial charge in [-0.25, -0.2) is 0 Å². The van der Waals surface area contributed by atoms with Gasteiger partial charge in [0.15, 0.2) is 5.75 Å². The summed E-state index contributed by atoms with van der Waals surface area (Å²) in [5.74, 6) is -0.150. The van der Waals surface area contributed by atoms with E-state index >= 15 is 0 Å². The van der Waals surface area contributed by atoms with Crippen LogP contribution in [0.1, 0.15) is 0 Å². The van der Waals surface area contributed by atoms with E-state index in [4.69, 9.17) is 11.6 Å². The van der Waals surface area contributed by atoms with Gasteiger partial charge in [-0.05, 0) is 59.5 Å². The fourth-order valence-electron chi connectivity index (χ4n) is 3.56. The molecule has 0 radical (unpaired) electrons. The monoisotopic (exact) mass is 547 g/mol. The topological polar surface area (TPSA) is 162 Å². The normalized spacial score (nSPS) is 11.6. The molecular weight excluding hydrogens is 530 g/mol. The Labute approximate surface area is 221 Å². The Morgan fingerprint density at radius 3 is 2.05 bits per heavy atom. The Bertz CT molecular complexity index is 1770. The van der Waals surface area contributed by atoms with Gasteiger partial charge in [0.1, 0.15) is 10.6 Å². The summed E-state index contributed by atoms with van der Waals surface area (Å²) >= 11 is 6.08. The molecule has 0 atom stereocenters. The standard InChI is InChI=1S/C25H18ClN7O4S/c26-23-29-24(27-16-7-3-1-4-8-16)31-25(30-23)28-18-12-11-15-13-20(38(35,36)37)21(22(34)19(15)14-18)33-32-17-9-5-2-6-10-17/h1-14,34H,(H,35,36,37)(H2,27,28,29,30,31). The molecule has 190 valence electrons. The molecule has 0 spiro atoms. The van der Waals surface area contributed by atoms with Crippen molar-refractivity contribution in [2.45, 2.75) is 4.90 Å². The molecule has 0 aliphatic rings. The molecule has 1 heterocycles. The summed E-state index contributed by atoms with van der Waals surface area (Å²) < 4.78 is 33.9. The maximum absolute atomic E-state index is 12.1. The third kappa shape index (κ3) is 5.67. The second kappa shape index (κ2) is 10.4. The van der Waals surface area contributed by atoms with E-state index in [2.05, 4.69) is 35.8 Å². The SMILES string of the molecule is O=S(=O)(O)c1cc2ccc(Nc3nc(Cl)nc(Nc4ccccc4)n3)cc2c(O)c1N=Nc1ccccc1. The second-order valence-corrected chi connectivity index (χ2v) is 9.61. The lowest BCUT2D eigenvalue weighted by Gasteiger charge is -2.12. The molecule has 0 unspecified atom stereocenters. The Balaban J connectivity index is 1.52. The Morgan fingerprint density at radius 2 is 1.39 bits per heavy atom. The molecule has 1 aromatic heterocycles. The lowest BCUT2D eigenvalue weighted by molar-refractivity contribution is 0.472. The van der Waals surface area contributed by atoms with E-state index in [-0.39, 0.29) is 22.6 Å². The fourth-order valence-corrected chi connectivity index (χ4v) is 4.37. The van der Waals surface area contributed by atoms with Crippen LogP contribution in [0, 0.1) is 0 Å². The van der Waals surface area contributed by atoms with Gasteiger partial charge in [0.2, 0.25) is 17.2 Å². The Hall–Kier alpha value is -4.65. The highest BCUT2D eigenvalue weighted by atomic mass is 35.5. The minimum Gasteiger partial charge on any atom is -0.505 e. The lowest BCUT2D eigenvalue weighted by atomic mass is 10.1. The number of anilines is 4. The number of nitrogens with zero attached hydrogens (tertiary/aromatic N) is 5. The third-order valence-electron chi connectivity index (χ3n) is 5.25. The van der Waals surface area contributed by atoms with Gasteiger partial charge in [0, 0.05) is 16.8 Å². The van der Waals surface area contributed by atoms with Gasteiger partial charge in [-0.15, -0.1) is 5.11 Å². The highest BCUT2D eigenvalue weighted by Gasteiger charge is 2.22. The average molecular weight is 548 g/mol. The van der Waals surface area contributed by atoms with E-state index < -0.39 is 26.5 Å². The summed E-state index contributed by atoms with van der Waals surface area (Å²) in [5, 5.41) is 25.5. The lowest BCUT2D eigenvalue weighted by Crippen LogP contribution is -2.04.